The van der Waals surface area contributed by atoms with Crippen LogP contribution in [0.4, 0.5) is 11.5 Å². The van der Waals surface area contributed by atoms with Crippen LogP contribution in [-0.4, -0.2) is 79.9 Å². The van der Waals surface area contributed by atoms with E-state index in [9.17, 15) is 5.26 Å². The summed E-state index contributed by atoms with van der Waals surface area (Å²) < 4.78 is 12.3. The van der Waals surface area contributed by atoms with Gasteiger partial charge in [0, 0.05) is 43.8 Å². The van der Waals surface area contributed by atoms with Crippen LogP contribution in [0.3, 0.4) is 0 Å². The van der Waals surface area contributed by atoms with Gasteiger partial charge >= 0.3 is 6.01 Å². The Kier molecular flexibility index (Phi) is 7.96. The topological polar surface area (TPSA) is 89.8 Å². The summed E-state index contributed by atoms with van der Waals surface area (Å²) in [5, 5.41) is 12.7. The minimum absolute atomic E-state index is 0.141. The third-order valence-electron chi connectivity index (χ3n) is 7.81. The number of para-hydroxylation sites is 1. The van der Waals surface area contributed by atoms with E-state index in [1.807, 2.05) is 6.92 Å². The van der Waals surface area contributed by atoms with Gasteiger partial charge in [0.2, 0.25) is 0 Å². The lowest BCUT2D eigenvalue weighted by Gasteiger charge is -2.37. The van der Waals surface area contributed by atoms with E-state index in [4.69, 9.17) is 19.4 Å². The van der Waals surface area contributed by atoms with E-state index in [1.54, 1.807) is 0 Å². The first kappa shape index (κ1) is 25.6. The number of hydrogen-bond acceptors (Lipinski definition) is 9. The number of anilines is 2. The molecular weight excluding hydrogens is 466 g/mol. The number of nitriles is 1. The zero-order chi connectivity index (χ0) is 25.8. The minimum atomic E-state index is 0.141. The summed E-state index contributed by atoms with van der Waals surface area (Å²) in [5.74, 6) is 1.92. The average molecular weight is 506 g/mol. The molecule has 3 aliphatic heterocycles. The molecule has 2 saturated heterocycles. The predicted molar refractivity (Wildman–Crippen MR) is 145 cm³/mol. The number of ether oxygens (including phenoxy) is 2. The molecule has 4 heterocycles. The molecule has 2 aromatic rings. The summed E-state index contributed by atoms with van der Waals surface area (Å²) in [7, 11) is 2.16. The highest BCUT2D eigenvalue weighted by Crippen LogP contribution is 2.37. The molecule has 0 radical (unpaired) electrons. The van der Waals surface area contributed by atoms with Gasteiger partial charge < -0.3 is 29.5 Å². The summed E-state index contributed by atoms with van der Waals surface area (Å²) in [5.41, 5.74) is 4.47. The van der Waals surface area contributed by atoms with E-state index in [0.717, 1.165) is 74.1 Å². The van der Waals surface area contributed by atoms with E-state index in [2.05, 4.69) is 58.3 Å². The molecule has 37 heavy (non-hydrogen) atoms. The van der Waals surface area contributed by atoms with Gasteiger partial charge in [0.15, 0.2) is 0 Å². The highest BCUT2D eigenvalue weighted by atomic mass is 16.5. The summed E-state index contributed by atoms with van der Waals surface area (Å²) >= 11 is 0. The van der Waals surface area contributed by atoms with Gasteiger partial charge in [-0.15, -0.1) is 0 Å². The van der Waals surface area contributed by atoms with Crippen LogP contribution in [0.15, 0.2) is 18.2 Å². The number of piperazine rings is 1. The first-order valence-electron chi connectivity index (χ1n) is 13.6. The molecule has 2 atom stereocenters. The van der Waals surface area contributed by atoms with Crippen molar-refractivity contribution in [2.45, 2.75) is 58.2 Å². The second-order valence-electron chi connectivity index (χ2n) is 10.3. The van der Waals surface area contributed by atoms with Crippen molar-refractivity contribution in [2.24, 2.45) is 0 Å². The number of aryl methyl sites for hydroxylation is 1. The molecule has 0 amide bonds. The number of likely N-dealkylation sites (tertiary alicyclic amines) is 1. The van der Waals surface area contributed by atoms with E-state index in [-0.39, 0.29) is 6.04 Å². The third-order valence-corrected chi connectivity index (χ3v) is 7.81. The maximum absolute atomic E-state index is 9.25. The van der Waals surface area contributed by atoms with E-state index in [1.165, 1.54) is 12.0 Å². The number of likely N-dealkylation sites (N-methyl/N-ethyl adjacent to an activating group) is 1. The van der Waals surface area contributed by atoms with Crippen molar-refractivity contribution >= 4 is 11.5 Å². The summed E-state index contributed by atoms with van der Waals surface area (Å²) in [6.07, 6.45) is 3.68. The zero-order valence-corrected chi connectivity index (χ0v) is 22.4. The van der Waals surface area contributed by atoms with E-state index in [0.29, 0.717) is 38.2 Å². The van der Waals surface area contributed by atoms with Gasteiger partial charge in [0.1, 0.15) is 18.2 Å². The number of fused-ring (bicyclic) bond motifs is 1. The lowest BCUT2D eigenvalue weighted by Crippen LogP contribution is -2.51. The van der Waals surface area contributed by atoms with Crippen molar-refractivity contribution in [1.29, 1.82) is 5.26 Å². The largest absolute Gasteiger partial charge is 0.491 e. The minimum Gasteiger partial charge on any atom is -0.491 e. The molecule has 2 fully saturated rings. The van der Waals surface area contributed by atoms with Gasteiger partial charge in [-0.05, 0) is 58.3 Å². The van der Waals surface area contributed by atoms with Crippen LogP contribution in [0.1, 0.15) is 43.0 Å². The molecule has 0 saturated carbocycles. The van der Waals surface area contributed by atoms with Crippen molar-refractivity contribution in [1.82, 2.24) is 20.2 Å². The monoisotopic (exact) mass is 505 g/mol. The van der Waals surface area contributed by atoms with Crippen molar-refractivity contribution in [3.63, 3.8) is 0 Å². The number of aromatic nitrogens is 2. The van der Waals surface area contributed by atoms with Gasteiger partial charge in [0.25, 0.3) is 0 Å². The molecule has 3 aliphatic rings. The molecule has 0 aliphatic carbocycles. The fourth-order valence-electron chi connectivity index (χ4n) is 5.76. The van der Waals surface area contributed by atoms with Crippen LogP contribution in [0.5, 0.6) is 11.8 Å². The van der Waals surface area contributed by atoms with Crippen LogP contribution in [-0.2, 0) is 13.0 Å². The van der Waals surface area contributed by atoms with Crippen LogP contribution in [0, 0.1) is 18.3 Å². The van der Waals surface area contributed by atoms with E-state index < -0.39 is 0 Å². The first-order valence-corrected chi connectivity index (χ1v) is 13.6. The normalized spacial score (nSPS) is 22.0. The van der Waals surface area contributed by atoms with E-state index >= 15 is 0 Å². The number of rotatable bonds is 8. The van der Waals surface area contributed by atoms with Crippen LogP contribution in [0.2, 0.25) is 0 Å². The molecule has 0 unspecified atom stereocenters. The molecule has 1 N–H and O–H groups in total. The Labute approximate surface area is 220 Å². The molecule has 0 spiro atoms. The van der Waals surface area contributed by atoms with Crippen molar-refractivity contribution in [2.75, 3.05) is 62.8 Å². The van der Waals surface area contributed by atoms with Crippen LogP contribution in [0.25, 0.3) is 0 Å². The molecular formula is C28H39N7O2. The Morgan fingerprint density at radius 3 is 2.84 bits per heavy atom. The van der Waals surface area contributed by atoms with Crippen LogP contribution < -0.4 is 24.6 Å². The Balaban J connectivity index is 1.45. The lowest BCUT2D eigenvalue weighted by atomic mass is 10.0. The van der Waals surface area contributed by atoms with Gasteiger partial charge in [-0.25, -0.2) is 0 Å². The van der Waals surface area contributed by atoms with Gasteiger partial charge in [-0.3, -0.25) is 0 Å². The smallest absolute Gasteiger partial charge is 0.318 e. The molecule has 198 valence electrons. The fourth-order valence-corrected chi connectivity index (χ4v) is 5.76. The highest BCUT2D eigenvalue weighted by molar-refractivity contribution is 5.64. The molecule has 9 nitrogen and oxygen atoms in total. The standard InChI is InChI=1S/C28H39N7O2/c1-4-36-26-20(2)7-5-9-25(26)34-15-11-23-24(18-34)31-28(37-19-22-8-6-14-33(22)3)32-27(23)35-16-13-30-21(17-35)10-12-29/h5,7,9,21-22,30H,4,6,8,10-11,13-19H2,1-3H3/t21-,22-/m0/s1. The predicted octanol–water partition coefficient (Wildman–Crippen LogP) is 2.91. The molecule has 0 bridgehead atoms. The SMILES string of the molecule is CCOc1c(C)cccc1N1CCc2c(nc(OC[C@@H]3CCCN3C)nc2N2CCN[C@@H](CC#N)C2)C1. The Bertz CT molecular complexity index is 1130. The summed E-state index contributed by atoms with van der Waals surface area (Å²) in [6.45, 7) is 10.5. The second kappa shape index (κ2) is 11.5. The van der Waals surface area contributed by atoms with Gasteiger partial charge in [0.05, 0.1) is 37.0 Å². The van der Waals surface area contributed by atoms with Gasteiger partial charge in [-0.2, -0.15) is 15.2 Å². The molecule has 9 heteroatoms. The second-order valence-corrected chi connectivity index (χ2v) is 10.3. The highest BCUT2D eigenvalue weighted by Gasteiger charge is 2.30. The quantitative estimate of drug-likeness (QED) is 0.582. The fraction of sp³-hybridized carbons (Fsp3) is 0.607. The number of nitrogens with zero attached hydrogens (tertiary/aromatic N) is 6. The van der Waals surface area contributed by atoms with Crippen molar-refractivity contribution in [3.8, 4) is 17.8 Å². The molecule has 5 rings (SSSR count). The summed E-state index contributed by atoms with van der Waals surface area (Å²) in [6, 6.07) is 9.65. The maximum Gasteiger partial charge on any atom is 0.318 e. The average Bonchev–Trinajstić information content (AvgIpc) is 3.32. The lowest BCUT2D eigenvalue weighted by molar-refractivity contribution is 0.187. The van der Waals surface area contributed by atoms with Crippen LogP contribution >= 0.6 is 0 Å². The maximum atomic E-state index is 9.25. The molecule has 1 aromatic carbocycles. The van der Waals surface area contributed by atoms with Gasteiger partial charge in [-0.1, -0.05) is 12.1 Å². The zero-order valence-electron chi connectivity index (χ0n) is 22.4. The Morgan fingerprint density at radius 1 is 1.16 bits per heavy atom. The third kappa shape index (κ3) is 5.60. The molecule has 1 aromatic heterocycles. The Hall–Kier alpha value is -3.09. The van der Waals surface area contributed by atoms with Crippen molar-refractivity contribution in [3.05, 3.63) is 35.0 Å². The number of nitrogens with one attached hydrogen (secondary N) is 1. The van der Waals surface area contributed by atoms with Crippen molar-refractivity contribution < 1.29 is 9.47 Å². The number of benzene rings is 1. The number of hydrogen-bond donors (Lipinski definition) is 1. The first-order chi connectivity index (χ1) is 18.1. The summed E-state index contributed by atoms with van der Waals surface area (Å²) in [4.78, 5) is 17.0. The Morgan fingerprint density at radius 2 is 2.05 bits per heavy atom.